The molecule has 108 valence electrons. The van der Waals surface area contributed by atoms with Crippen molar-refractivity contribution in [3.63, 3.8) is 0 Å². The largest absolute Gasteiger partial charge is 0.399 e. The molecule has 0 saturated carbocycles. The Morgan fingerprint density at radius 2 is 1.95 bits per heavy atom. The van der Waals surface area contributed by atoms with Crippen molar-refractivity contribution in [2.24, 2.45) is 0 Å². The third-order valence-corrected chi connectivity index (χ3v) is 4.66. The molecule has 2 aromatic heterocycles. The molecule has 0 aliphatic heterocycles. The monoisotopic (exact) mass is 298 g/mol. The van der Waals surface area contributed by atoms with Gasteiger partial charge in [0.15, 0.2) is 0 Å². The van der Waals surface area contributed by atoms with Crippen molar-refractivity contribution < 1.29 is 0 Å². The van der Waals surface area contributed by atoms with Crippen LogP contribution in [0.1, 0.15) is 17.4 Å². The van der Waals surface area contributed by atoms with Crippen LogP contribution < -0.4 is 10.6 Å². The molecule has 0 fully saturated rings. The molecule has 2 heterocycles. The zero-order valence-electron chi connectivity index (χ0n) is 12.2. The van der Waals surface area contributed by atoms with Crippen LogP contribution in [0.15, 0.2) is 36.7 Å². The van der Waals surface area contributed by atoms with Crippen LogP contribution in [0, 0.1) is 0 Å². The van der Waals surface area contributed by atoms with Crippen LogP contribution in [-0.4, -0.2) is 17.0 Å². The number of anilines is 2. The zero-order chi connectivity index (χ0) is 14.8. The Bertz CT molecular complexity index is 749. The molecule has 2 N–H and O–H groups in total. The SMILES string of the molecule is CCc1cc2c(N(C)Cc3ccc(N)cc3)ncnc2s1. The van der Waals surface area contributed by atoms with Gasteiger partial charge in [0, 0.05) is 24.2 Å². The second-order valence-corrected chi connectivity index (χ2v) is 6.20. The predicted molar refractivity (Wildman–Crippen MR) is 89.8 cm³/mol. The Hall–Kier alpha value is -2.14. The zero-order valence-corrected chi connectivity index (χ0v) is 13.0. The van der Waals surface area contributed by atoms with Gasteiger partial charge in [0.1, 0.15) is 17.0 Å². The molecule has 1 aromatic carbocycles. The Kier molecular flexibility index (Phi) is 3.75. The molecular weight excluding hydrogens is 280 g/mol. The molecule has 0 atom stereocenters. The number of nitrogen functional groups attached to an aromatic ring is 1. The van der Waals surface area contributed by atoms with Gasteiger partial charge < -0.3 is 10.6 Å². The lowest BCUT2D eigenvalue weighted by Crippen LogP contribution is -2.17. The smallest absolute Gasteiger partial charge is 0.140 e. The van der Waals surface area contributed by atoms with Gasteiger partial charge in [0.2, 0.25) is 0 Å². The summed E-state index contributed by atoms with van der Waals surface area (Å²) in [4.78, 5) is 13.4. The Morgan fingerprint density at radius 3 is 2.67 bits per heavy atom. The van der Waals surface area contributed by atoms with Crippen LogP contribution in [0.25, 0.3) is 10.2 Å². The van der Waals surface area contributed by atoms with Crippen LogP contribution >= 0.6 is 11.3 Å². The summed E-state index contributed by atoms with van der Waals surface area (Å²) in [7, 11) is 2.06. The van der Waals surface area contributed by atoms with E-state index in [4.69, 9.17) is 5.73 Å². The summed E-state index contributed by atoms with van der Waals surface area (Å²) in [5, 5.41) is 1.14. The summed E-state index contributed by atoms with van der Waals surface area (Å²) >= 11 is 1.74. The molecule has 0 bridgehead atoms. The molecule has 0 aliphatic carbocycles. The van der Waals surface area contributed by atoms with Gasteiger partial charge in [-0.25, -0.2) is 9.97 Å². The highest BCUT2D eigenvalue weighted by molar-refractivity contribution is 7.18. The van der Waals surface area contributed by atoms with Crippen molar-refractivity contribution in [3.8, 4) is 0 Å². The van der Waals surface area contributed by atoms with Crippen LogP contribution in [0.4, 0.5) is 11.5 Å². The van der Waals surface area contributed by atoms with Crippen LogP contribution in [0.3, 0.4) is 0 Å². The standard InChI is InChI=1S/C16H18N4S/c1-3-13-8-14-15(18-10-19-16(14)21-13)20(2)9-11-4-6-12(17)7-5-11/h4-8,10H,3,9,17H2,1-2H3. The van der Waals surface area contributed by atoms with E-state index in [-0.39, 0.29) is 0 Å². The van der Waals surface area contributed by atoms with E-state index >= 15 is 0 Å². The van der Waals surface area contributed by atoms with Crippen molar-refractivity contribution >= 4 is 33.1 Å². The highest BCUT2D eigenvalue weighted by Gasteiger charge is 2.12. The molecule has 0 amide bonds. The first-order chi connectivity index (χ1) is 10.2. The third-order valence-electron chi connectivity index (χ3n) is 3.47. The number of rotatable bonds is 4. The van der Waals surface area contributed by atoms with E-state index in [2.05, 4.69) is 47.0 Å². The molecule has 21 heavy (non-hydrogen) atoms. The molecule has 0 spiro atoms. The highest BCUT2D eigenvalue weighted by Crippen LogP contribution is 2.30. The fourth-order valence-electron chi connectivity index (χ4n) is 2.34. The quantitative estimate of drug-likeness (QED) is 0.749. The van der Waals surface area contributed by atoms with Crippen molar-refractivity contribution in [3.05, 3.63) is 47.1 Å². The Labute approximate surface area is 128 Å². The van der Waals surface area contributed by atoms with E-state index < -0.39 is 0 Å². The summed E-state index contributed by atoms with van der Waals surface area (Å²) in [6, 6.07) is 10.2. The summed E-state index contributed by atoms with van der Waals surface area (Å²) in [6.45, 7) is 2.96. The minimum atomic E-state index is 0.788. The normalized spacial score (nSPS) is 11.0. The van der Waals surface area contributed by atoms with Crippen LogP contribution in [-0.2, 0) is 13.0 Å². The first-order valence-corrected chi connectivity index (χ1v) is 7.78. The lowest BCUT2D eigenvalue weighted by molar-refractivity contribution is 0.901. The van der Waals surface area contributed by atoms with Crippen LogP contribution in [0.5, 0.6) is 0 Å². The van der Waals surface area contributed by atoms with Gasteiger partial charge in [-0.1, -0.05) is 19.1 Å². The first-order valence-electron chi connectivity index (χ1n) is 6.96. The first kappa shape index (κ1) is 13.8. The number of hydrogen-bond acceptors (Lipinski definition) is 5. The molecule has 0 unspecified atom stereocenters. The van der Waals surface area contributed by atoms with Crippen LogP contribution in [0.2, 0.25) is 0 Å². The van der Waals surface area contributed by atoms with E-state index in [1.807, 2.05) is 12.1 Å². The molecule has 3 aromatic rings. The molecule has 0 radical (unpaired) electrons. The number of aryl methyl sites for hydroxylation is 1. The average Bonchev–Trinajstić information content (AvgIpc) is 2.92. The Morgan fingerprint density at radius 1 is 1.19 bits per heavy atom. The topological polar surface area (TPSA) is 55.0 Å². The maximum absolute atomic E-state index is 5.73. The number of fused-ring (bicyclic) bond motifs is 1. The summed E-state index contributed by atoms with van der Waals surface area (Å²) in [5.74, 6) is 0.979. The van der Waals surface area contributed by atoms with Crippen molar-refractivity contribution in [1.29, 1.82) is 0 Å². The molecule has 5 heteroatoms. The van der Waals surface area contributed by atoms with E-state index in [0.717, 1.165) is 34.7 Å². The Balaban J connectivity index is 1.91. The van der Waals surface area contributed by atoms with Gasteiger partial charge in [0.05, 0.1) is 5.39 Å². The molecule has 3 rings (SSSR count). The van der Waals surface area contributed by atoms with Gasteiger partial charge in [-0.3, -0.25) is 0 Å². The van der Waals surface area contributed by atoms with E-state index in [0.29, 0.717) is 0 Å². The fraction of sp³-hybridized carbons (Fsp3) is 0.250. The average molecular weight is 298 g/mol. The lowest BCUT2D eigenvalue weighted by Gasteiger charge is -2.18. The van der Waals surface area contributed by atoms with E-state index in [1.54, 1.807) is 17.7 Å². The van der Waals surface area contributed by atoms with Crippen molar-refractivity contribution in [2.45, 2.75) is 19.9 Å². The number of hydrogen-bond donors (Lipinski definition) is 1. The molecule has 0 aliphatic rings. The number of nitrogens with zero attached hydrogens (tertiary/aromatic N) is 3. The second-order valence-electron chi connectivity index (χ2n) is 5.08. The van der Waals surface area contributed by atoms with Gasteiger partial charge >= 0.3 is 0 Å². The number of thiophene rings is 1. The highest BCUT2D eigenvalue weighted by atomic mass is 32.1. The molecule has 0 saturated heterocycles. The summed E-state index contributed by atoms with van der Waals surface area (Å²) in [6.07, 6.45) is 2.68. The minimum absolute atomic E-state index is 0.788. The molecule has 4 nitrogen and oxygen atoms in total. The maximum atomic E-state index is 5.73. The van der Waals surface area contributed by atoms with Gasteiger partial charge in [-0.2, -0.15) is 0 Å². The second kappa shape index (κ2) is 5.69. The minimum Gasteiger partial charge on any atom is -0.399 e. The summed E-state index contributed by atoms with van der Waals surface area (Å²) in [5.41, 5.74) is 7.73. The van der Waals surface area contributed by atoms with Crippen molar-refractivity contribution in [2.75, 3.05) is 17.7 Å². The van der Waals surface area contributed by atoms with Gasteiger partial charge in [0.25, 0.3) is 0 Å². The third kappa shape index (κ3) is 2.83. The van der Waals surface area contributed by atoms with E-state index in [9.17, 15) is 0 Å². The summed E-state index contributed by atoms with van der Waals surface area (Å²) < 4.78 is 0. The number of aromatic nitrogens is 2. The number of nitrogens with two attached hydrogens (primary N) is 1. The maximum Gasteiger partial charge on any atom is 0.140 e. The van der Waals surface area contributed by atoms with E-state index in [1.165, 1.54) is 10.4 Å². The predicted octanol–water partition coefficient (Wildman–Crippen LogP) is 3.47. The van der Waals surface area contributed by atoms with Gasteiger partial charge in [-0.05, 0) is 30.2 Å². The number of benzene rings is 1. The molecular formula is C16H18N4S. The lowest BCUT2D eigenvalue weighted by atomic mass is 10.2. The van der Waals surface area contributed by atoms with Crippen molar-refractivity contribution in [1.82, 2.24) is 9.97 Å². The van der Waals surface area contributed by atoms with Gasteiger partial charge in [-0.15, -0.1) is 11.3 Å². The fourth-order valence-corrected chi connectivity index (χ4v) is 3.27.